The quantitative estimate of drug-likeness (QED) is 0.138. The van der Waals surface area contributed by atoms with Gasteiger partial charge in [0.2, 0.25) is 5.78 Å². The number of oxazole rings is 1. The number of allylic oxidation sites excluding steroid dienone is 1. The monoisotopic (exact) mass is 1320 g/mol. The third-order valence-corrected chi connectivity index (χ3v) is 15.8. The molecule has 20 nitrogen and oxygen atoms in total. The summed E-state index contributed by atoms with van der Waals surface area (Å²) in [6.07, 6.45) is 34.9. The van der Waals surface area contributed by atoms with E-state index in [9.17, 15) is 0 Å². The number of aryl methyl sites for hydroxylation is 15. The number of imidazole rings is 4. The molecule has 0 saturated heterocycles. The third kappa shape index (κ3) is 28.8. The summed E-state index contributed by atoms with van der Waals surface area (Å²) < 4.78 is 21.0. The fraction of sp³-hybridized carbons (Fsp3) is 0.304. The highest BCUT2D eigenvalue weighted by atomic mass is 32.1. The van der Waals surface area contributed by atoms with Crippen LogP contribution in [0.4, 0.5) is 0 Å². The van der Waals surface area contributed by atoms with Crippen LogP contribution in [0.2, 0.25) is 0 Å². The molecule has 93 heavy (non-hydrogen) atoms. The normalized spacial score (nSPS) is 11.7. The predicted molar refractivity (Wildman–Crippen MR) is 376 cm³/mol. The molecule has 0 radical (unpaired) electrons. The molecule has 0 unspecified atom stereocenters. The number of nitrogens with zero attached hydrogens (tertiary/aromatic N) is 18. The van der Waals surface area contributed by atoms with Crippen molar-refractivity contribution in [3.63, 3.8) is 0 Å². The molecule has 0 atom stereocenters. The smallest absolute Gasteiger partial charge is 0.233 e. The second-order valence-corrected chi connectivity index (χ2v) is 25.2. The van der Waals surface area contributed by atoms with Gasteiger partial charge in [-0.15, -0.1) is 39.1 Å². The Balaban J connectivity index is 0.000000162. The zero-order valence-electron chi connectivity index (χ0n) is 55.2. The summed E-state index contributed by atoms with van der Waals surface area (Å²) in [7, 11) is 0. The Morgan fingerprint density at radius 1 is 0.570 bits per heavy atom. The van der Waals surface area contributed by atoms with Crippen molar-refractivity contribution in [3.8, 4) is 0 Å². The number of aromatic nitrogens is 16. The van der Waals surface area contributed by atoms with E-state index in [0.717, 1.165) is 68.4 Å². The van der Waals surface area contributed by atoms with Gasteiger partial charge < -0.3 is 22.3 Å². The van der Waals surface area contributed by atoms with Crippen molar-refractivity contribution in [2.45, 2.75) is 135 Å². The van der Waals surface area contributed by atoms with Crippen LogP contribution < -0.4 is 0 Å². The summed E-state index contributed by atoms with van der Waals surface area (Å²) in [5.41, 5.74) is 15.9. The first-order chi connectivity index (χ1) is 45.1. The molecular formula is C69H84N18O2S4. The number of thiazole rings is 3. The highest BCUT2D eigenvalue weighted by Gasteiger charge is 2.13. The van der Waals surface area contributed by atoms with Crippen LogP contribution in [0.15, 0.2) is 207 Å². The van der Waals surface area contributed by atoms with Gasteiger partial charge in [-0.25, -0.2) is 34.9 Å². The fourth-order valence-electron chi connectivity index (χ4n) is 8.33. The molecule has 0 spiro atoms. The molecule has 0 saturated carbocycles. The Morgan fingerprint density at radius 2 is 1.31 bits per heavy atom. The van der Waals surface area contributed by atoms with Crippen LogP contribution in [0.1, 0.15) is 109 Å². The van der Waals surface area contributed by atoms with Crippen molar-refractivity contribution in [2.24, 2.45) is 10.2 Å². The second-order valence-electron chi connectivity index (χ2n) is 21.1. The van der Waals surface area contributed by atoms with E-state index in [-0.39, 0.29) is 0 Å². The number of fused-ring (bicyclic) bond motifs is 5. The number of benzene rings is 1. The van der Waals surface area contributed by atoms with Gasteiger partial charge in [-0.3, -0.25) is 14.4 Å². The molecular weight excluding hydrogens is 1240 g/mol. The van der Waals surface area contributed by atoms with Crippen molar-refractivity contribution in [1.82, 2.24) is 77.4 Å². The second kappa shape index (κ2) is 41.2. The Kier molecular flexibility index (Phi) is 32.2. The number of azo groups is 1. The van der Waals surface area contributed by atoms with Crippen LogP contribution >= 0.6 is 45.5 Å². The van der Waals surface area contributed by atoms with E-state index >= 15 is 0 Å². The molecule has 0 bridgehead atoms. The van der Waals surface area contributed by atoms with Crippen LogP contribution in [0, 0.1) is 76.2 Å². The van der Waals surface area contributed by atoms with Crippen molar-refractivity contribution in [3.05, 3.63) is 265 Å². The van der Waals surface area contributed by atoms with Crippen LogP contribution in [-0.2, 0) is 25.8 Å². The van der Waals surface area contributed by atoms with Crippen LogP contribution in [-0.4, -0.2) is 83.9 Å². The average molecular weight is 1330 g/mol. The van der Waals surface area contributed by atoms with E-state index < -0.39 is 0 Å². The van der Waals surface area contributed by atoms with Crippen molar-refractivity contribution in [1.29, 1.82) is 0 Å². The SMILES string of the molecule is CC1=CCN=N1.Cc1ccccc1.Cc1ccon1.Cc1cn2c(n1)CCCC2.Cc1cn2ccccc2n1.Cc1cn2cccnc2n1.Cc1cnc2ccccn12.Cc1cnco1.Cc1cncs1.Cc1cnns1.Cc1cscn1.Cc1nc2c(s1)CCCC2. The first-order valence-corrected chi connectivity index (χ1v) is 33.7. The van der Waals surface area contributed by atoms with Gasteiger partial charge in [0.15, 0.2) is 6.39 Å². The Hall–Kier alpha value is -9.36. The lowest BCUT2D eigenvalue weighted by atomic mass is 10.0. The molecule has 0 amide bonds. The minimum absolute atomic E-state index is 0.764. The molecule has 14 aromatic rings. The number of rotatable bonds is 0. The lowest BCUT2D eigenvalue weighted by Gasteiger charge is -2.11. The van der Waals surface area contributed by atoms with Gasteiger partial charge in [0.25, 0.3) is 0 Å². The lowest BCUT2D eigenvalue weighted by molar-refractivity contribution is 0.415. The fourth-order valence-corrected chi connectivity index (χ4v) is 10.6. The van der Waals surface area contributed by atoms with Gasteiger partial charge >= 0.3 is 0 Å². The zero-order valence-corrected chi connectivity index (χ0v) is 58.4. The van der Waals surface area contributed by atoms with Crippen LogP contribution in [0.5, 0.6) is 0 Å². The van der Waals surface area contributed by atoms with E-state index in [1.54, 1.807) is 58.5 Å². The summed E-state index contributed by atoms with van der Waals surface area (Å²) in [5.74, 6) is 2.90. The number of hydrogen-bond donors (Lipinski definition) is 0. The molecule has 15 heterocycles. The molecule has 1 aliphatic carbocycles. The van der Waals surface area contributed by atoms with E-state index in [4.69, 9.17) is 4.42 Å². The van der Waals surface area contributed by atoms with Gasteiger partial charge in [0.05, 0.1) is 69.1 Å². The molecule has 0 fully saturated rings. The topological polar surface area (TPSA) is 224 Å². The molecule has 24 heteroatoms. The summed E-state index contributed by atoms with van der Waals surface area (Å²) in [4.78, 5) is 41.0. The van der Waals surface area contributed by atoms with Gasteiger partial charge in [-0.1, -0.05) is 57.7 Å². The third-order valence-electron chi connectivity index (χ3n) is 12.8. The van der Waals surface area contributed by atoms with E-state index in [0.29, 0.717) is 0 Å². The Morgan fingerprint density at radius 3 is 1.82 bits per heavy atom. The first kappa shape index (κ1) is 72.7. The van der Waals surface area contributed by atoms with Crippen molar-refractivity contribution >= 4 is 62.6 Å². The minimum Gasteiger partial charge on any atom is -0.449 e. The van der Waals surface area contributed by atoms with Gasteiger partial charge in [0.1, 0.15) is 29.1 Å². The molecule has 1 aromatic carbocycles. The van der Waals surface area contributed by atoms with Gasteiger partial charge in [-0.05, 0) is 170 Å². The number of pyridine rings is 2. The van der Waals surface area contributed by atoms with Crippen molar-refractivity contribution in [2.75, 3.05) is 6.54 Å². The van der Waals surface area contributed by atoms with Crippen LogP contribution in [0.25, 0.3) is 17.1 Å². The van der Waals surface area contributed by atoms with Gasteiger partial charge in [-0.2, -0.15) is 10.2 Å². The maximum absolute atomic E-state index is 4.72. The summed E-state index contributed by atoms with van der Waals surface area (Å²) in [5, 5.41) is 17.8. The largest absolute Gasteiger partial charge is 0.449 e. The van der Waals surface area contributed by atoms with Gasteiger partial charge in [0, 0.05) is 106 Å². The summed E-state index contributed by atoms with van der Waals surface area (Å²) in [6, 6.07) is 25.9. The summed E-state index contributed by atoms with van der Waals surface area (Å²) in [6.45, 7) is 25.9. The highest BCUT2D eigenvalue weighted by molar-refractivity contribution is 7.11. The maximum atomic E-state index is 4.72. The van der Waals surface area contributed by atoms with E-state index in [1.807, 2.05) is 209 Å². The zero-order chi connectivity index (χ0) is 66.4. The minimum atomic E-state index is 0.764. The first-order valence-electron chi connectivity index (χ1n) is 30.3. The Labute approximate surface area is 561 Å². The summed E-state index contributed by atoms with van der Waals surface area (Å²) >= 11 is 6.59. The maximum Gasteiger partial charge on any atom is 0.233 e. The van der Waals surface area contributed by atoms with E-state index in [1.165, 1.54) is 102 Å². The van der Waals surface area contributed by atoms with Crippen LogP contribution in [0.3, 0.4) is 0 Å². The molecule has 17 rings (SSSR count). The molecule has 2 aliphatic heterocycles. The standard InChI is InChI=1S/C8H12N2.2C8H8N2.C8H11NS.C7H7N3.C7H8.C4H6N2.2C4H5NO.2C4H5NS.C3H4N2S/c2*1-7-6-10-5-3-2-4-8(10)9-7;1-7-6-9-8-4-2-3-5-10(7)8;1-6-9-7-4-2-3-5-8(7)10-6;1-6-5-10-4-2-3-8-7(10)9-6;1-7-5-3-2-4-6-7;1-4-2-3-5-6-4;1-4-2-5-3-6-4;1-4-2-3-6-5-4;1-4-2-6-3-5-4;1-4-2-5-3-6-4;1-3-2-4-5-6-3/h6H,2-5H2,1H3;2*2-6H,1H3;2-5H2,1H3;2-5H,1H3;2-6H,1H3;2H,3H2,1H3;4*2-3H,1H3;2H,1H3. The molecule has 486 valence electrons. The lowest BCUT2D eigenvalue weighted by Crippen LogP contribution is -2.08. The molecule has 0 N–H and O–H groups in total. The number of hydrogen-bond acceptors (Lipinski definition) is 20. The average Bonchev–Trinajstić information content (AvgIpc) is 1.94. The molecule has 13 aromatic heterocycles. The highest BCUT2D eigenvalue weighted by Crippen LogP contribution is 2.26. The Bertz CT molecular complexity index is 3800. The van der Waals surface area contributed by atoms with E-state index in [2.05, 4.69) is 122 Å². The molecule has 3 aliphatic rings. The van der Waals surface area contributed by atoms with Crippen molar-refractivity contribution < 1.29 is 8.94 Å². The predicted octanol–water partition coefficient (Wildman–Crippen LogP) is 17.2.